The van der Waals surface area contributed by atoms with Gasteiger partial charge in [-0.2, -0.15) is 11.8 Å². The summed E-state index contributed by atoms with van der Waals surface area (Å²) in [6, 6.07) is 11.4. The molecule has 1 saturated heterocycles. The van der Waals surface area contributed by atoms with E-state index in [1.807, 2.05) is 0 Å². The average Bonchev–Trinajstić information content (AvgIpc) is 2.42. The van der Waals surface area contributed by atoms with E-state index in [-0.39, 0.29) is 0 Å². The first-order chi connectivity index (χ1) is 8.40. The molecule has 3 heteroatoms. The third-order valence-electron chi connectivity index (χ3n) is 3.25. The molecule has 2 nitrogen and oxygen atoms in total. The molecule has 1 N–H and O–H groups in total. The Morgan fingerprint density at radius 2 is 2.18 bits per heavy atom. The molecule has 0 radical (unpaired) electrons. The molecule has 2 rings (SSSR count). The second-order valence-electron chi connectivity index (χ2n) is 4.43. The van der Waals surface area contributed by atoms with Gasteiger partial charge in [0, 0.05) is 42.9 Å². The molecular formula is C14H22N2S. The van der Waals surface area contributed by atoms with Gasteiger partial charge in [0.1, 0.15) is 0 Å². The van der Waals surface area contributed by atoms with E-state index in [4.69, 9.17) is 0 Å². The predicted molar refractivity (Wildman–Crippen MR) is 78.1 cm³/mol. The number of nitrogens with one attached hydrogen (secondary N) is 1. The first-order valence-corrected chi connectivity index (χ1v) is 7.66. The molecule has 0 aliphatic carbocycles. The predicted octanol–water partition coefficient (Wildman–Crippen LogP) is 2.61. The fourth-order valence-corrected chi connectivity index (χ4v) is 3.22. The highest BCUT2D eigenvalue weighted by atomic mass is 32.2. The van der Waals surface area contributed by atoms with Gasteiger partial charge in [0.2, 0.25) is 0 Å². The van der Waals surface area contributed by atoms with Crippen LogP contribution < -0.4 is 10.2 Å². The summed E-state index contributed by atoms with van der Waals surface area (Å²) in [5.74, 6) is 2.54. The minimum Gasteiger partial charge on any atom is -0.372 e. The number of thioether (sulfide) groups is 1. The van der Waals surface area contributed by atoms with Crippen molar-refractivity contribution < 1.29 is 0 Å². The van der Waals surface area contributed by atoms with E-state index in [1.165, 1.54) is 30.2 Å². The maximum atomic E-state index is 3.60. The Morgan fingerprint density at radius 1 is 1.35 bits per heavy atom. The van der Waals surface area contributed by atoms with E-state index < -0.39 is 0 Å². The van der Waals surface area contributed by atoms with Gasteiger partial charge in [0.05, 0.1) is 0 Å². The number of rotatable bonds is 5. The van der Waals surface area contributed by atoms with Crippen LogP contribution in [0.5, 0.6) is 0 Å². The molecule has 0 amide bonds. The van der Waals surface area contributed by atoms with Gasteiger partial charge in [-0.25, -0.2) is 0 Å². The van der Waals surface area contributed by atoms with Crippen molar-refractivity contribution in [3.05, 3.63) is 30.3 Å². The first-order valence-electron chi connectivity index (χ1n) is 6.51. The summed E-state index contributed by atoms with van der Waals surface area (Å²) >= 11 is 2.08. The van der Waals surface area contributed by atoms with Gasteiger partial charge in [-0.05, 0) is 25.5 Å². The lowest BCUT2D eigenvalue weighted by atomic mass is 10.2. The van der Waals surface area contributed by atoms with Crippen LogP contribution in [0.1, 0.15) is 13.3 Å². The maximum absolute atomic E-state index is 3.60. The molecule has 94 valence electrons. The number of anilines is 1. The largest absolute Gasteiger partial charge is 0.372 e. The normalized spacial score (nSPS) is 20.2. The second kappa shape index (κ2) is 6.92. The van der Waals surface area contributed by atoms with Gasteiger partial charge in [0.15, 0.2) is 0 Å². The number of benzene rings is 1. The Morgan fingerprint density at radius 3 is 2.82 bits per heavy atom. The Hall–Kier alpha value is -0.670. The molecule has 0 saturated carbocycles. The van der Waals surface area contributed by atoms with Crippen molar-refractivity contribution >= 4 is 17.4 Å². The summed E-state index contributed by atoms with van der Waals surface area (Å²) in [5, 5.41) is 3.60. The standard InChI is InChI=1S/C14H22N2S/c1-2-16(14-6-4-3-5-7-14)10-8-13-12-17-11-9-15-13/h3-7,13,15H,2,8-12H2,1H3. The zero-order valence-corrected chi connectivity index (χ0v) is 11.4. The summed E-state index contributed by atoms with van der Waals surface area (Å²) < 4.78 is 0. The van der Waals surface area contributed by atoms with Crippen LogP contribution >= 0.6 is 11.8 Å². The van der Waals surface area contributed by atoms with Crippen molar-refractivity contribution in [1.82, 2.24) is 5.32 Å². The lowest BCUT2D eigenvalue weighted by Gasteiger charge is -2.28. The Labute approximate surface area is 109 Å². The van der Waals surface area contributed by atoms with Gasteiger partial charge in [-0.3, -0.25) is 0 Å². The minimum atomic E-state index is 0.700. The van der Waals surface area contributed by atoms with Crippen molar-refractivity contribution in [1.29, 1.82) is 0 Å². The highest BCUT2D eigenvalue weighted by molar-refractivity contribution is 7.99. The summed E-state index contributed by atoms with van der Waals surface area (Å²) in [7, 11) is 0. The molecule has 1 aromatic rings. The van der Waals surface area contributed by atoms with Crippen molar-refractivity contribution in [3.63, 3.8) is 0 Å². The van der Waals surface area contributed by atoms with Crippen LogP contribution in [0.15, 0.2) is 30.3 Å². The number of para-hydroxylation sites is 1. The van der Waals surface area contributed by atoms with Gasteiger partial charge in [-0.1, -0.05) is 18.2 Å². The van der Waals surface area contributed by atoms with Crippen molar-refractivity contribution in [2.45, 2.75) is 19.4 Å². The number of hydrogen-bond donors (Lipinski definition) is 1. The quantitative estimate of drug-likeness (QED) is 0.865. The van der Waals surface area contributed by atoms with Crippen molar-refractivity contribution in [2.75, 3.05) is 36.0 Å². The smallest absolute Gasteiger partial charge is 0.0366 e. The summed E-state index contributed by atoms with van der Waals surface area (Å²) in [6.07, 6.45) is 1.25. The first kappa shape index (κ1) is 12.8. The molecule has 17 heavy (non-hydrogen) atoms. The fourth-order valence-electron chi connectivity index (χ4n) is 2.23. The molecule has 0 spiro atoms. The van der Waals surface area contributed by atoms with E-state index in [9.17, 15) is 0 Å². The molecule has 0 aromatic heterocycles. The average molecular weight is 250 g/mol. The Bertz CT molecular complexity index is 309. The van der Waals surface area contributed by atoms with Crippen LogP contribution in [0.3, 0.4) is 0 Å². The highest BCUT2D eigenvalue weighted by Gasteiger charge is 2.14. The van der Waals surface area contributed by atoms with Crippen molar-refractivity contribution in [3.8, 4) is 0 Å². The molecular weight excluding hydrogens is 228 g/mol. The van der Waals surface area contributed by atoms with Crippen LogP contribution in [0.25, 0.3) is 0 Å². The Balaban J connectivity index is 1.83. The van der Waals surface area contributed by atoms with E-state index in [2.05, 4.69) is 59.2 Å². The molecule has 1 aliphatic rings. The molecule has 1 unspecified atom stereocenters. The highest BCUT2D eigenvalue weighted by Crippen LogP contribution is 2.15. The van der Waals surface area contributed by atoms with Gasteiger partial charge in [-0.15, -0.1) is 0 Å². The molecule has 1 aromatic carbocycles. The third kappa shape index (κ3) is 3.93. The van der Waals surface area contributed by atoms with Crippen LogP contribution in [-0.4, -0.2) is 37.2 Å². The topological polar surface area (TPSA) is 15.3 Å². The van der Waals surface area contributed by atoms with E-state index in [0.29, 0.717) is 6.04 Å². The lowest BCUT2D eigenvalue weighted by molar-refractivity contribution is 0.525. The van der Waals surface area contributed by atoms with Gasteiger partial charge in [0.25, 0.3) is 0 Å². The fraction of sp³-hybridized carbons (Fsp3) is 0.571. The zero-order valence-electron chi connectivity index (χ0n) is 10.6. The second-order valence-corrected chi connectivity index (χ2v) is 5.58. The van der Waals surface area contributed by atoms with E-state index in [1.54, 1.807) is 0 Å². The lowest BCUT2D eigenvalue weighted by Crippen LogP contribution is -2.40. The van der Waals surface area contributed by atoms with Crippen LogP contribution in [0.4, 0.5) is 5.69 Å². The van der Waals surface area contributed by atoms with E-state index in [0.717, 1.165) is 13.1 Å². The molecule has 1 heterocycles. The SMILES string of the molecule is CCN(CCC1CSCCN1)c1ccccc1. The van der Waals surface area contributed by atoms with Crippen molar-refractivity contribution in [2.24, 2.45) is 0 Å². The molecule has 0 bridgehead atoms. The van der Waals surface area contributed by atoms with Gasteiger partial charge < -0.3 is 10.2 Å². The molecule has 1 atom stereocenters. The van der Waals surface area contributed by atoms with E-state index >= 15 is 0 Å². The van der Waals surface area contributed by atoms with Crippen LogP contribution in [0.2, 0.25) is 0 Å². The molecule has 1 fully saturated rings. The zero-order chi connectivity index (χ0) is 11.9. The summed E-state index contributed by atoms with van der Waals surface area (Å²) in [4.78, 5) is 2.46. The summed E-state index contributed by atoms with van der Waals surface area (Å²) in [6.45, 7) is 5.64. The monoisotopic (exact) mass is 250 g/mol. The maximum Gasteiger partial charge on any atom is 0.0366 e. The number of hydrogen-bond acceptors (Lipinski definition) is 3. The third-order valence-corrected chi connectivity index (χ3v) is 4.38. The number of nitrogens with zero attached hydrogens (tertiary/aromatic N) is 1. The van der Waals surface area contributed by atoms with Crippen LogP contribution in [0, 0.1) is 0 Å². The van der Waals surface area contributed by atoms with Crippen LogP contribution in [-0.2, 0) is 0 Å². The van der Waals surface area contributed by atoms with Gasteiger partial charge >= 0.3 is 0 Å². The Kier molecular flexibility index (Phi) is 5.20. The molecule has 1 aliphatic heterocycles. The summed E-state index contributed by atoms with van der Waals surface area (Å²) in [5.41, 5.74) is 1.35. The minimum absolute atomic E-state index is 0.700.